The zero-order valence-electron chi connectivity index (χ0n) is 8.46. The molecular weight excluding hydrogens is 202 g/mol. The fourth-order valence-electron chi connectivity index (χ4n) is 1.29. The molecule has 15 heavy (non-hydrogen) atoms. The van der Waals surface area contributed by atoms with E-state index in [1.807, 2.05) is 0 Å². The maximum atomic E-state index is 11.2. The second kappa shape index (κ2) is 4.86. The third-order valence-corrected chi connectivity index (χ3v) is 2.32. The molecular formula is C8H17N3O4. The summed E-state index contributed by atoms with van der Waals surface area (Å²) >= 11 is 0. The van der Waals surface area contributed by atoms with Gasteiger partial charge < -0.3 is 31.7 Å². The number of nitrogens with two attached hydrogens (primary N) is 2. The molecule has 1 amide bonds. The van der Waals surface area contributed by atoms with Crippen LogP contribution in [0.2, 0.25) is 0 Å². The molecule has 0 spiro atoms. The maximum Gasteiger partial charge on any atom is 0.237 e. The van der Waals surface area contributed by atoms with Crippen LogP contribution in [0.3, 0.4) is 0 Å². The lowest BCUT2D eigenvalue weighted by molar-refractivity contribution is -0.178. The minimum absolute atomic E-state index is 0.00843. The van der Waals surface area contributed by atoms with E-state index < -0.39 is 36.4 Å². The van der Waals surface area contributed by atoms with Gasteiger partial charge in [0.2, 0.25) is 5.91 Å². The van der Waals surface area contributed by atoms with Gasteiger partial charge in [0, 0.05) is 0 Å². The maximum absolute atomic E-state index is 11.2. The summed E-state index contributed by atoms with van der Waals surface area (Å²) in [7, 11) is 0. The van der Waals surface area contributed by atoms with Crippen molar-refractivity contribution in [2.45, 2.75) is 37.4 Å². The molecule has 7 N–H and O–H groups in total. The Balaban J connectivity index is 2.53. The molecule has 0 radical (unpaired) electrons. The molecule has 1 aliphatic rings. The van der Waals surface area contributed by atoms with Gasteiger partial charge in [-0.15, -0.1) is 0 Å². The van der Waals surface area contributed by atoms with E-state index in [1.165, 1.54) is 6.92 Å². The molecule has 0 bridgehead atoms. The SMILES string of the molecule is C[C@@H](N)C(=O)N[C@H]1CO[C@H](O)[C@@H](N)[C@@H]1O. The van der Waals surface area contributed by atoms with E-state index in [0.29, 0.717) is 0 Å². The van der Waals surface area contributed by atoms with Crippen LogP contribution < -0.4 is 16.8 Å². The molecule has 0 aromatic heterocycles. The predicted molar refractivity (Wildman–Crippen MR) is 51.5 cm³/mol. The molecule has 1 saturated heterocycles. The van der Waals surface area contributed by atoms with E-state index in [4.69, 9.17) is 21.3 Å². The van der Waals surface area contributed by atoms with Crippen molar-refractivity contribution in [1.29, 1.82) is 0 Å². The molecule has 0 aromatic carbocycles. The molecule has 7 heteroatoms. The summed E-state index contributed by atoms with van der Waals surface area (Å²) in [5.74, 6) is -0.397. The minimum atomic E-state index is -1.21. The Hall–Kier alpha value is -0.730. The highest BCUT2D eigenvalue weighted by atomic mass is 16.6. The van der Waals surface area contributed by atoms with E-state index in [9.17, 15) is 9.90 Å². The summed E-state index contributed by atoms with van der Waals surface area (Å²) < 4.78 is 4.87. The number of ether oxygens (including phenoxy) is 1. The molecule has 1 heterocycles. The van der Waals surface area contributed by atoms with Crippen LogP contribution in [-0.2, 0) is 9.53 Å². The highest BCUT2D eigenvalue weighted by molar-refractivity contribution is 5.81. The van der Waals surface area contributed by atoms with E-state index in [2.05, 4.69) is 5.32 Å². The van der Waals surface area contributed by atoms with Crippen LogP contribution in [0.4, 0.5) is 0 Å². The molecule has 0 unspecified atom stereocenters. The second-order valence-corrected chi connectivity index (χ2v) is 3.70. The standard InChI is InChI=1S/C8H17N3O4/c1-3(9)7(13)11-4-2-15-8(14)5(10)6(4)12/h3-6,8,12,14H,2,9-10H2,1H3,(H,11,13)/t3-,4+,5+,6-,8+/m1/s1. The molecule has 7 nitrogen and oxygen atoms in total. The lowest BCUT2D eigenvalue weighted by Gasteiger charge is -2.36. The molecule has 1 rings (SSSR count). The Bertz CT molecular complexity index is 236. The number of carbonyl (C=O) groups excluding carboxylic acids is 1. The van der Waals surface area contributed by atoms with Crippen LogP contribution in [0, 0.1) is 0 Å². The lowest BCUT2D eigenvalue weighted by Crippen LogP contribution is -2.63. The Labute approximate surface area is 87.4 Å². The number of aliphatic hydroxyl groups is 2. The Kier molecular flexibility index (Phi) is 4.00. The number of amides is 1. The smallest absolute Gasteiger partial charge is 0.237 e. The van der Waals surface area contributed by atoms with E-state index in [0.717, 1.165) is 0 Å². The molecule has 0 saturated carbocycles. The largest absolute Gasteiger partial charge is 0.389 e. The average molecular weight is 219 g/mol. The van der Waals surface area contributed by atoms with E-state index in [1.54, 1.807) is 0 Å². The number of nitrogens with one attached hydrogen (secondary N) is 1. The fourth-order valence-corrected chi connectivity index (χ4v) is 1.29. The van der Waals surface area contributed by atoms with Crippen LogP contribution in [0.15, 0.2) is 0 Å². The van der Waals surface area contributed by atoms with Gasteiger partial charge in [0.15, 0.2) is 6.29 Å². The number of hydrogen-bond acceptors (Lipinski definition) is 6. The molecule has 1 aliphatic heterocycles. The van der Waals surface area contributed by atoms with Gasteiger partial charge in [-0.05, 0) is 6.92 Å². The monoisotopic (exact) mass is 219 g/mol. The minimum Gasteiger partial charge on any atom is -0.389 e. The molecule has 0 aliphatic carbocycles. The van der Waals surface area contributed by atoms with Gasteiger partial charge in [-0.3, -0.25) is 4.79 Å². The second-order valence-electron chi connectivity index (χ2n) is 3.70. The quantitative estimate of drug-likeness (QED) is 0.333. The molecule has 0 aromatic rings. The third-order valence-electron chi connectivity index (χ3n) is 2.32. The number of carbonyl (C=O) groups is 1. The number of aliphatic hydroxyl groups excluding tert-OH is 2. The summed E-state index contributed by atoms with van der Waals surface area (Å²) in [4.78, 5) is 11.2. The first-order chi connectivity index (χ1) is 6.93. The highest BCUT2D eigenvalue weighted by Gasteiger charge is 2.37. The van der Waals surface area contributed by atoms with Gasteiger partial charge in [0.1, 0.15) is 0 Å². The summed E-state index contributed by atoms with van der Waals surface area (Å²) in [5, 5.41) is 21.3. The van der Waals surface area contributed by atoms with Crippen LogP contribution in [0.1, 0.15) is 6.92 Å². The van der Waals surface area contributed by atoms with Crippen LogP contribution in [0.5, 0.6) is 0 Å². The highest BCUT2D eigenvalue weighted by Crippen LogP contribution is 2.11. The van der Waals surface area contributed by atoms with Crippen molar-refractivity contribution in [3.63, 3.8) is 0 Å². The zero-order chi connectivity index (χ0) is 11.6. The first-order valence-electron chi connectivity index (χ1n) is 4.72. The van der Waals surface area contributed by atoms with Gasteiger partial charge in [-0.1, -0.05) is 0 Å². The number of hydrogen-bond donors (Lipinski definition) is 5. The molecule has 5 atom stereocenters. The average Bonchev–Trinajstić information content (AvgIpc) is 2.18. The van der Waals surface area contributed by atoms with Gasteiger partial charge in [0.05, 0.1) is 30.8 Å². The van der Waals surface area contributed by atoms with Gasteiger partial charge in [-0.25, -0.2) is 0 Å². The van der Waals surface area contributed by atoms with Crippen molar-refractivity contribution in [2.75, 3.05) is 6.61 Å². The van der Waals surface area contributed by atoms with Crippen molar-refractivity contribution in [3.05, 3.63) is 0 Å². The lowest BCUT2D eigenvalue weighted by atomic mass is 10.0. The van der Waals surface area contributed by atoms with Gasteiger partial charge in [-0.2, -0.15) is 0 Å². The normalized spacial score (nSPS) is 38.5. The van der Waals surface area contributed by atoms with Crippen molar-refractivity contribution in [1.82, 2.24) is 5.32 Å². The summed E-state index contributed by atoms with van der Waals surface area (Å²) in [5.41, 5.74) is 10.8. The number of rotatable bonds is 2. The van der Waals surface area contributed by atoms with Crippen molar-refractivity contribution in [3.8, 4) is 0 Å². The Morgan fingerprint density at radius 1 is 1.60 bits per heavy atom. The van der Waals surface area contributed by atoms with Crippen LogP contribution in [0.25, 0.3) is 0 Å². The first kappa shape index (κ1) is 12.3. The van der Waals surface area contributed by atoms with Crippen molar-refractivity contribution < 1.29 is 19.7 Å². The Morgan fingerprint density at radius 3 is 2.73 bits per heavy atom. The van der Waals surface area contributed by atoms with Gasteiger partial charge >= 0.3 is 0 Å². The molecule has 1 fully saturated rings. The predicted octanol–water partition coefficient (Wildman–Crippen LogP) is -3.14. The topological polar surface area (TPSA) is 131 Å². The van der Waals surface area contributed by atoms with E-state index in [-0.39, 0.29) is 6.61 Å². The van der Waals surface area contributed by atoms with E-state index >= 15 is 0 Å². The van der Waals surface area contributed by atoms with Crippen LogP contribution >= 0.6 is 0 Å². The summed E-state index contributed by atoms with van der Waals surface area (Å²) in [6.07, 6.45) is -2.25. The Morgan fingerprint density at radius 2 is 2.20 bits per heavy atom. The first-order valence-corrected chi connectivity index (χ1v) is 4.72. The van der Waals surface area contributed by atoms with Crippen molar-refractivity contribution in [2.24, 2.45) is 11.5 Å². The van der Waals surface area contributed by atoms with Crippen molar-refractivity contribution >= 4 is 5.91 Å². The third kappa shape index (κ3) is 2.86. The fraction of sp³-hybridized carbons (Fsp3) is 0.875. The zero-order valence-corrected chi connectivity index (χ0v) is 8.46. The molecule has 88 valence electrons. The van der Waals surface area contributed by atoms with Crippen LogP contribution in [-0.4, -0.2) is 53.2 Å². The van der Waals surface area contributed by atoms with Gasteiger partial charge in [0.25, 0.3) is 0 Å². The summed E-state index contributed by atoms with van der Waals surface area (Å²) in [6, 6.07) is -2.24. The summed E-state index contributed by atoms with van der Waals surface area (Å²) in [6.45, 7) is 1.54.